The summed E-state index contributed by atoms with van der Waals surface area (Å²) in [6, 6.07) is 16.2. The van der Waals surface area contributed by atoms with Gasteiger partial charge in [0.15, 0.2) is 0 Å². The summed E-state index contributed by atoms with van der Waals surface area (Å²) in [7, 11) is 1.78. The van der Waals surface area contributed by atoms with Crippen LogP contribution in [0.5, 0.6) is 0 Å². The van der Waals surface area contributed by atoms with Crippen molar-refractivity contribution in [2.45, 2.75) is 16.7 Å². The lowest BCUT2D eigenvalue weighted by molar-refractivity contribution is -0.116. The van der Waals surface area contributed by atoms with Crippen molar-refractivity contribution in [1.82, 2.24) is 0 Å². The molecule has 0 saturated carbocycles. The van der Waals surface area contributed by atoms with E-state index in [9.17, 15) is 4.79 Å². The molecule has 19 heavy (non-hydrogen) atoms. The fourth-order valence-corrected chi connectivity index (χ4v) is 3.01. The molecule has 0 spiro atoms. The molecule has 98 valence electrons. The van der Waals surface area contributed by atoms with Gasteiger partial charge in [0, 0.05) is 33.9 Å². The van der Waals surface area contributed by atoms with Crippen molar-refractivity contribution < 1.29 is 4.79 Å². The minimum absolute atomic E-state index is 0.0346. The molecule has 0 aliphatic rings. The number of hydrogen-bond acceptors (Lipinski definition) is 2. The maximum Gasteiger partial charge on any atom is 0.223 e. The zero-order valence-electron chi connectivity index (χ0n) is 10.8. The molecule has 0 N–H and O–H groups in total. The maximum absolute atomic E-state index is 11.3. The van der Waals surface area contributed by atoms with Crippen molar-refractivity contribution in [2.24, 2.45) is 0 Å². The Balaban J connectivity index is 2.13. The molecule has 0 unspecified atom stereocenters. The summed E-state index contributed by atoms with van der Waals surface area (Å²) in [5.74, 6) is 0.0346. The van der Waals surface area contributed by atoms with E-state index in [0.717, 1.165) is 15.1 Å². The minimum Gasteiger partial charge on any atom is -0.316 e. The molecule has 0 saturated heterocycles. The van der Waals surface area contributed by atoms with Crippen molar-refractivity contribution >= 4 is 39.3 Å². The van der Waals surface area contributed by atoms with E-state index >= 15 is 0 Å². The summed E-state index contributed by atoms with van der Waals surface area (Å²) in [4.78, 5) is 15.2. The standard InChI is InChI=1S/C15H14BrNOS/c1-11(18)17(2)13-6-8-14(9-7-13)19-15-5-3-4-12(16)10-15/h3-10H,1-2H3. The monoisotopic (exact) mass is 335 g/mol. The normalized spacial score (nSPS) is 10.3. The molecule has 2 aromatic rings. The average molecular weight is 336 g/mol. The van der Waals surface area contributed by atoms with Crippen LogP contribution in [0.3, 0.4) is 0 Å². The van der Waals surface area contributed by atoms with E-state index in [2.05, 4.69) is 28.1 Å². The zero-order valence-corrected chi connectivity index (χ0v) is 13.2. The van der Waals surface area contributed by atoms with Crippen LogP contribution in [0.1, 0.15) is 6.92 Å². The molecule has 0 heterocycles. The molecule has 2 nitrogen and oxygen atoms in total. The highest BCUT2D eigenvalue weighted by molar-refractivity contribution is 9.10. The van der Waals surface area contributed by atoms with Gasteiger partial charge in [-0.25, -0.2) is 0 Å². The van der Waals surface area contributed by atoms with Crippen LogP contribution in [-0.2, 0) is 4.79 Å². The largest absolute Gasteiger partial charge is 0.316 e. The lowest BCUT2D eigenvalue weighted by Crippen LogP contribution is -2.22. The second kappa shape index (κ2) is 6.26. The SMILES string of the molecule is CC(=O)N(C)c1ccc(Sc2cccc(Br)c2)cc1. The Hall–Kier alpha value is -1.26. The maximum atomic E-state index is 11.3. The Morgan fingerprint density at radius 1 is 1.11 bits per heavy atom. The third kappa shape index (κ3) is 3.85. The van der Waals surface area contributed by atoms with Crippen LogP contribution < -0.4 is 4.90 Å². The van der Waals surface area contributed by atoms with Crippen molar-refractivity contribution in [2.75, 3.05) is 11.9 Å². The molecule has 0 aliphatic heterocycles. The fourth-order valence-electron chi connectivity index (χ4n) is 1.59. The van der Waals surface area contributed by atoms with Crippen LogP contribution in [0.25, 0.3) is 0 Å². The molecular formula is C15H14BrNOS. The Morgan fingerprint density at radius 3 is 2.37 bits per heavy atom. The molecule has 0 atom stereocenters. The number of carbonyl (C=O) groups is 1. The number of amides is 1. The molecule has 2 aromatic carbocycles. The van der Waals surface area contributed by atoms with Gasteiger partial charge in [-0.05, 0) is 42.5 Å². The van der Waals surface area contributed by atoms with E-state index in [-0.39, 0.29) is 5.91 Å². The molecule has 0 bridgehead atoms. The number of nitrogens with zero attached hydrogens (tertiary/aromatic N) is 1. The van der Waals surface area contributed by atoms with Gasteiger partial charge in [-0.2, -0.15) is 0 Å². The van der Waals surface area contributed by atoms with Gasteiger partial charge in [0.05, 0.1) is 0 Å². The van der Waals surface area contributed by atoms with Gasteiger partial charge >= 0.3 is 0 Å². The van der Waals surface area contributed by atoms with E-state index in [1.54, 1.807) is 30.6 Å². The van der Waals surface area contributed by atoms with Gasteiger partial charge in [0.1, 0.15) is 0 Å². The topological polar surface area (TPSA) is 20.3 Å². The number of carbonyl (C=O) groups excluding carboxylic acids is 1. The Morgan fingerprint density at radius 2 is 1.79 bits per heavy atom. The van der Waals surface area contributed by atoms with Crippen LogP contribution in [0.2, 0.25) is 0 Å². The van der Waals surface area contributed by atoms with Crippen molar-refractivity contribution in [3.63, 3.8) is 0 Å². The second-order valence-corrected chi connectivity index (χ2v) is 6.19. The highest BCUT2D eigenvalue weighted by Gasteiger charge is 2.05. The smallest absolute Gasteiger partial charge is 0.223 e. The third-order valence-corrected chi connectivity index (χ3v) is 4.22. The van der Waals surface area contributed by atoms with E-state index in [4.69, 9.17) is 0 Å². The zero-order chi connectivity index (χ0) is 13.8. The summed E-state index contributed by atoms with van der Waals surface area (Å²) < 4.78 is 1.07. The summed E-state index contributed by atoms with van der Waals surface area (Å²) in [5.41, 5.74) is 0.908. The molecule has 1 amide bonds. The molecule has 0 radical (unpaired) electrons. The van der Waals surface area contributed by atoms with E-state index in [1.165, 1.54) is 4.90 Å². The summed E-state index contributed by atoms with van der Waals surface area (Å²) in [6.07, 6.45) is 0. The van der Waals surface area contributed by atoms with Crippen molar-refractivity contribution in [3.05, 3.63) is 53.0 Å². The molecule has 0 fully saturated rings. The van der Waals surface area contributed by atoms with Gasteiger partial charge < -0.3 is 4.90 Å². The minimum atomic E-state index is 0.0346. The Kier molecular flexibility index (Phi) is 4.66. The molecular weight excluding hydrogens is 322 g/mol. The van der Waals surface area contributed by atoms with Crippen molar-refractivity contribution in [1.29, 1.82) is 0 Å². The molecule has 4 heteroatoms. The van der Waals surface area contributed by atoms with Gasteiger partial charge in [-0.15, -0.1) is 0 Å². The lowest BCUT2D eigenvalue weighted by Gasteiger charge is -2.15. The summed E-state index contributed by atoms with van der Waals surface area (Å²) in [5, 5.41) is 0. The predicted octanol–water partition coefficient (Wildman–Crippen LogP) is 4.58. The van der Waals surface area contributed by atoms with Crippen LogP contribution in [-0.4, -0.2) is 13.0 Å². The first-order valence-electron chi connectivity index (χ1n) is 5.84. The van der Waals surface area contributed by atoms with Crippen LogP contribution >= 0.6 is 27.7 Å². The number of rotatable bonds is 3. The first-order chi connectivity index (χ1) is 9.06. The number of benzene rings is 2. The second-order valence-electron chi connectivity index (χ2n) is 4.13. The highest BCUT2D eigenvalue weighted by Crippen LogP contribution is 2.30. The summed E-state index contributed by atoms with van der Waals surface area (Å²) >= 11 is 5.16. The Bertz CT molecular complexity index is 583. The van der Waals surface area contributed by atoms with Crippen LogP contribution in [0.4, 0.5) is 5.69 Å². The quantitative estimate of drug-likeness (QED) is 0.817. The van der Waals surface area contributed by atoms with Gasteiger partial charge in [0.2, 0.25) is 5.91 Å². The molecule has 0 aliphatic carbocycles. The fraction of sp³-hybridized carbons (Fsp3) is 0.133. The number of halogens is 1. The number of hydrogen-bond donors (Lipinski definition) is 0. The Labute approximate surface area is 125 Å². The predicted molar refractivity (Wildman–Crippen MR) is 83.8 cm³/mol. The molecule has 2 rings (SSSR count). The average Bonchev–Trinajstić information content (AvgIpc) is 2.39. The first kappa shape index (κ1) is 14.2. The van der Waals surface area contributed by atoms with Crippen LogP contribution in [0.15, 0.2) is 62.8 Å². The number of anilines is 1. The third-order valence-electron chi connectivity index (χ3n) is 2.73. The van der Waals surface area contributed by atoms with E-state index in [1.807, 2.05) is 36.4 Å². The molecule has 0 aromatic heterocycles. The van der Waals surface area contributed by atoms with Gasteiger partial charge in [-0.1, -0.05) is 33.8 Å². The highest BCUT2D eigenvalue weighted by atomic mass is 79.9. The van der Waals surface area contributed by atoms with Gasteiger partial charge in [0.25, 0.3) is 0 Å². The summed E-state index contributed by atoms with van der Waals surface area (Å²) in [6.45, 7) is 1.56. The first-order valence-corrected chi connectivity index (χ1v) is 7.45. The van der Waals surface area contributed by atoms with Crippen molar-refractivity contribution in [3.8, 4) is 0 Å². The lowest BCUT2D eigenvalue weighted by atomic mass is 10.3. The van der Waals surface area contributed by atoms with E-state index in [0.29, 0.717) is 0 Å². The van der Waals surface area contributed by atoms with Crippen LogP contribution in [0, 0.1) is 0 Å². The van der Waals surface area contributed by atoms with E-state index < -0.39 is 0 Å². The van der Waals surface area contributed by atoms with Gasteiger partial charge in [-0.3, -0.25) is 4.79 Å².